The normalized spacial score (nSPS) is 11.8. The van der Waals surface area contributed by atoms with E-state index in [4.69, 9.17) is 0 Å². The van der Waals surface area contributed by atoms with E-state index in [0.717, 1.165) is 12.1 Å². The quantitative estimate of drug-likeness (QED) is 0.861. The van der Waals surface area contributed by atoms with Crippen molar-refractivity contribution in [2.45, 2.75) is 12.7 Å². The molecule has 0 saturated carbocycles. The summed E-state index contributed by atoms with van der Waals surface area (Å²) in [4.78, 5) is 4.61. The molecule has 0 radical (unpaired) electrons. The number of rotatable bonds is 3. The fraction of sp³-hybridized carbons (Fsp3) is 0.333. The van der Waals surface area contributed by atoms with Gasteiger partial charge in [0.15, 0.2) is 0 Å². The third-order valence-corrected chi connectivity index (χ3v) is 2.53. The van der Waals surface area contributed by atoms with Gasteiger partial charge in [-0.25, -0.2) is 0 Å². The van der Waals surface area contributed by atoms with Crippen molar-refractivity contribution in [1.29, 1.82) is 0 Å². The summed E-state index contributed by atoms with van der Waals surface area (Å²) >= 11 is 3.07. The van der Waals surface area contributed by atoms with Crippen LogP contribution in [0.1, 0.15) is 11.1 Å². The molecule has 2 nitrogen and oxygen atoms in total. The molecule has 0 amide bonds. The Hall–Kier alpha value is -0.590. The highest BCUT2D eigenvalue weighted by molar-refractivity contribution is 9.10. The van der Waals surface area contributed by atoms with Crippen molar-refractivity contribution in [2.75, 3.05) is 7.11 Å². The summed E-state index contributed by atoms with van der Waals surface area (Å²) in [7, 11) is 1.44. The van der Waals surface area contributed by atoms with Gasteiger partial charge < -0.3 is 4.84 Å². The van der Waals surface area contributed by atoms with Crippen LogP contribution in [0.2, 0.25) is 0 Å². The Balaban J connectivity index is 2.88. The first-order valence-corrected chi connectivity index (χ1v) is 4.86. The molecule has 0 atom stereocenters. The maximum Gasteiger partial charge on any atom is 0.416 e. The van der Waals surface area contributed by atoms with Crippen LogP contribution in [0.4, 0.5) is 13.2 Å². The highest BCUT2D eigenvalue weighted by atomic mass is 79.9. The molecule has 15 heavy (non-hydrogen) atoms. The Morgan fingerprint density at radius 2 is 2.07 bits per heavy atom. The summed E-state index contributed by atoms with van der Waals surface area (Å²) in [5.41, 5.74) is 2.58. The molecule has 0 heterocycles. The van der Waals surface area contributed by atoms with E-state index in [0.29, 0.717) is 16.6 Å². The Kier molecular flexibility index (Phi) is 4.12. The van der Waals surface area contributed by atoms with Crippen LogP contribution in [-0.2, 0) is 17.6 Å². The minimum atomic E-state index is -4.31. The van der Waals surface area contributed by atoms with Gasteiger partial charge in [0.25, 0.3) is 0 Å². The second-order valence-corrected chi connectivity index (χ2v) is 3.68. The van der Waals surface area contributed by atoms with Crippen molar-refractivity contribution in [2.24, 2.45) is 0 Å². The number of hydroxylamine groups is 1. The van der Waals surface area contributed by atoms with Crippen LogP contribution >= 0.6 is 15.9 Å². The Morgan fingerprint density at radius 1 is 1.40 bits per heavy atom. The largest absolute Gasteiger partial charge is 0.416 e. The summed E-state index contributed by atoms with van der Waals surface area (Å²) in [5, 5.41) is 0. The maximum atomic E-state index is 12.3. The van der Waals surface area contributed by atoms with E-state index in [1.165, 1.54) is 13.2 Å². The first-order chi connectivity index (χ1) is 6.95. The zero-order chi connectivity index (χ0) is 11.5. The van der Waals surface area contributed by atoms with Crippen molar-refractivity contribution in [3.8, 4) is 0 Å². The van der Waals surface area contributed by atoms with Crippen molar-refractivity contribution < 1.29 is 18.0 Å². The SMILES string of the molecule is CONCc1ccc(C(F)(F)F)cc1Br. The second kappa shape index (κ2) is 4.96. The summed E-state index contributed by atoms with van der Waals surface area (Å²) in [6.07, 6.45) is -4.31. The number of halogens is 4. The standard InChI is InChI=1S/C9H9BrF3NO/c1-15-14-5-6-2-3-7(4-8(6)10)9(11,12)13/h2-4,14H,5H2,1H3. The minimum absolute atomic E-state index is 0.342. The van der Waals surface area contributed by atoms with Gasteiger partial charge in [-0.3, -0.25) is 0 Å². The van der Waals surface area contributed by atoms with Crippen molar-refractivity contribution in [1.82, 2.24) is 5.48 Å². The van der Waals surface area contributed by atoms with Crippen molar-refractivity contribution in [3.05, 3.63) is 33.8 Å². The molecule has 0 aliphatic carbocycles. The number of alkyl halides is 3. The van der Waals surface area contributed by atoms with E-state index in [2.05, 4.69) is 26.2 Å². The first-order valence-electron chi connectivity index (χ1n) is 4.06. The molecule has 0 fully saturated rings. The number of hydrogen-bond donors (Lipinski definition) is 1. The van der Waals surface area contributed by atoms with E-state index in [1.807, 2.05) is 0 Å². The van der Waals surface area contributed by atoms with E-state index in [9.17, 15) is 13.2 Å². The van der Waals surface area contributed by atoms with Gasteiger partial charge in [0.1, 0.15) is 0 Å². The van der Waals surface area contributed by atoms with E-state index >= 15 is 0 Å². The average Bonchev–Trinajstić information content (AvgIpc) is 2.14. The van der Waals surface area contributed by atoms with Gasteiger partial charge in [0.05, 0.1) is 12.7 Å². The Bertz CT molecular complexity index is 341. The zero-order valence-electron chi connectivity index (χ0n) is 7.86. The summed E-state index contributed by atoms with van der Waals surface area (Å²) in [6.45, 7) is 0.342. The van der Waals surface area contributed by atoms with Gasteiger partial charge in [-0.05, 0) is 17.7 Å². The smallest absolute Gasteiger partial charge is 0.305 e. The van der Waals surface area contributed by atoms with Gasteiger partial charge in [-0.1, -0.05) is 22.0 Å². The van der Waals surface area contributed by atoms with Gasteiger partial charge in [-0.15, -0.1) is 0 Å². The van der Waals surface area contributed by atoms with Crippen molar-refractivity contribution >= 4 is 15.9 Å². The molecule has 1 aromatic rings. The Morgan fingerprint density at radius 3 is 2.53 bits per heavy atom. The van der Waals surface area contributed by atoms with Crippen LogP contribution in [0, 0.1) is 0 Å². The molecular weight excluding hydrogens is 275 g/mol. The van der Waals surface area contributed by atoms with Gasteiger partial charge in [-0.2, -0.15) is 18.7 Å². The van der Waals surface area contributed by atoms with Crippen LogP contribution in [0.15, 0.2) is 22.7 Å². The number of hydrogen-bond acceptors (Lipinski definition) is 2. The summed E-state index contributed by atoms with van der Waals surface area (Å²) in [6, 6.07) is 3.49. The third kappa shape index (κ3) is 3.48. The lowest BCUT2D eigenvalue weighted by molar-refractivity contribution is -0.137. The van der Waals surface area contributed by atoms with Crippen LogP contribution in [0.5, 0.6) is 0 Å². The molecule has 0 aliphatic heterocycles. The summed E-state index contributed by atoms with van der Waals surface area (Å²) < 4.78 is 37.3. The van der Waals surface area contributed by atoms with Gasteiger partial charge in [0.2, 0.25) is 0 Å². The molecule has 0 spiro atoms. The average molecular weight is 284 g/mol. The lowest BCUT2D eigenvalue weighted by Gasteiger charge is -2.10. The van der Waals surface area contributed by atoms with E-state index in [-0.39, 0.29) is 0 Å². The van der Waals surface area contributed by atoms with Gasteiger partial charge >= 0.3 is 6.18 Å². The van der Waals surface area contributed by atoms with Gasteiger partial charge in [0, 0.05) is 11.0 Å². The molecule has 0 bridgehead atoms. The fourth-order valence-electron chi connectivity index (χ4n) is 1.02. The molecule has 1 N–H and O–H groups in total. The monoisotopic (exact) mass is 283 g/mol. The maximum absolute atomic E-state index is 12.3. The number of nitrogens with one attached hydrogen (secondary N) is 1. The fourth-order valence-corrected chi connectivity index (χ4v) is 1.54. The minimum Gasteiger partial charge on any atom is -0.305 e. The lowest BCUT2D eigenvalue weighted by Crippen LogP contribution is -2.12. The second-order valence-electron chi connectivity index (χ2n) is 2.83. The van der Waals surface area contributed by atoms with E-state index < -0.39 is 11.7 Å². The first kappa shape index (κ1) is 12.5. The van der Waals surface area contributed by atoms with Crippen LogP contribution in [0.3, 0.4) is 0 Å². The summed E-state index contributed by atoms with van der Waals surface area (Å²) in [5.74, 6) is 0. The molecule has 0 unspecified atom stereocenters. The molecular formula is C9H9BrF3NO. The molecule has 0 aliphatic rings. The Labute approximate surface area is 93.5 Å². The molecule has 0 aromatic heterocycles. The predicted octanol–water partition coefficient (Wildman–Crippen LogP) is 3.12. The van der Waals surface area contributed by atoms with Crippen LogP contribution < -0.4 is 5.48 Å². The van der Waals surface area contributed by atoms with Crippen molar-refractivity contribution in [3.63, 3.8) is 0 Å². The third-order valence-electron chi connectivity index (χ3n) is 1.79. The predicted molar refractivity (Wildman–Crippen MR) is 53.0 cm³/mol. The topological polar surface area (TPSA) is 21.3 Å². The number of benzene rings is 1. The van der Waals surface area contributed by atoms with Crippen LogP contribution in [-0.4, -0.2) is 7.11 Å². The molecule has 1 aromatic carbocycles. The molecule has 1 rings (SSSR count). The molecule has 0 saturated heterocycles. The van der Waals surface area contributed by atoms with E-state index in [1.54, 1.807) is 0 Å². The highest BCUT2D eigenvalue weighted by Gasteiger charge is 2.30. The lowest BCUT2D eigenvalue weighted by atomic mass is 10.1. The highest BCUT2D eigenvalue weighted by Crippen LogP contribution is 2.32. The zero-order valence-corrected chi connectivity index (χ0v) is 9.45. The van der Waals surface area contributed by atoms with Crippen LogP contribution in [0.25, 0.3) is 0 Å². The molecule has 6 heteroatoms. The molecule has 84 valence electrons.